The molecule has 0 spiro atoms. The quantitative estimate of drug-likeness (QED) is 0.637. The molecule has 0 saturated carbocycles. The number of aromatic nitrogens is 1. The number of amides is 3. The van der Waals surface area contributed by atoms with E-state index in [4.69, 9.17) is 16.9 Å². The second-order valence-corrected chi connectivity index (χ2v) is 8.26. The van der Waals surface area contributed by atoms with Crippen molar-refractivity contribution in [1.82, 2.24) is 9.88 Å². The van der Waals surface area contributed by atoms with E-state index in [1.165, 1.54) is 6.20 Å². The summed E-state index contributed by atoms with van der Waals surface area (Å²) in [6, 6.07) is 14.4. The Kier molecular flexibility index (Phi) is 8.79. The number of rotatable bonds is 8. The van der Waals surface area contributed by atoms with Crippen LogP contribution in [0.5, 0.6) is 0 Å². The van der Waals surface area contributed by atoms with Crippen molar-refractivity contribution < 1.29 is 14.4 Å². The Morgan fingerprint density at radius 3 is 2.67 bits per heavy atom. The third-order valence-electron chi connectivity index (χ3n) is 5.49. The fourth-order valence-electron chi connectivity index (χ4n) is 3.77. The summed E-state index contributed by atoms with van der Waals surface area (Å²) in [5.41, 5.74) is 0.704. The van der Waals surface area contributed by atoms with Gasteiger partial charge in [0.15, 0.2) is 0 Å². The summed E-state index contributed by atoms with van der Waals surface area (Å²) < 4.78 is 0. The molecule has 2 heterocycles. The van der Waals surface area contributed by atoms with Crippen LogP contribution in [0.1, 0.15) is 32.1 Å². The highest BCUT2D eigenvalue weighted by molar-refractivity contribution is 6.30. The van der Waals surface area contributed by atoms with E-state index in [9.17, 15) is 14.4 Å². The van der Waals surface area contributed by atoms with Crippen molar-refractivity contribution in [2.45, 2.75) is 32.1 Å². The van der Waals surface area contributed by atoms with Gasteiger partial charge in [-0.05, 0) is 37.1 Å². The molecular formula is C24H26ClN5O3. The third-order valence-corrected chi connectivity index (χ3v) is 5.72. The lowest BCUT2D eigenvalue weighted by molar-refractivity contribution is -0.136. The first-order valence-corrected chi connectivity index (χ1v) is 11.3. The Morgan fingerprint density at radius 1 is 1.18 bits per heavy atom. The lowest BCUT2D eigenvalue weighted by Crippen LogP contribution is -2.44. The van der Waals surface area contributed by atoms with E-state index in [0.717, 1.165) is 0 Å². The first kappa shape index (κ1) is 24.2. The molecule has 1 atom stereocenters. The summed E-state index contributed by atoms with van der Waals surface area (Å²) in [6.07, 6.45) is 3.16. The predicted molar refractivity (Wildman–Crippen MR) is 125 cm³/mol. The highest BCUT2D eigenvalue weighted by atomic mass is 35.5. The average molecular weight is 468 g/mol. The van der Waals surface area contributed by atoms with Gasteiger partial charge < -0.3 is 15.1 Å². The van der Waals surface area contributed by atoms with Crippen LogP contribution in [0.25, 0.3) is 0 Å². The molecule has 1 saturated heterocycles. The van der Waals surface area contributed by atoms with E-state index < -0.39 is 0 Å². The summed E-state index contributed by atoms with van der Waals surface area (Å²) in [6.45, 7) is 1.15. The van der Waals surface area contributed by atoms with Crippen molar-refractivity contribution in [3.8, 4) is 6.07 Å². The lowest BCUT2D eigenvalue weighted by atomic mass is 9.96. The van der Waals surface area contributed by atoms with Gasteiger partial charge in [0.05, 0.1) is 23.4 Å². The monoisotopic (exact) mass is 467 g/mol. The molecule has 1 aliphatic heterocycles. The zero-order valence-corrected chi connectivity index (χ0v) is 19.0. The summed E-state index contributed by atoms with van der Waals surface area (Å²) >= 11 is 5.82. The van der Waals surface area contributed by atoms with Crippen molar-refractivity contribution in [3.05, 3.63) is 53.7 Å². The van der Waals surface area contributed by atoms with Crippen molar-refractivity contribution >= 4 is 40.8 Å². The number of anilines is 2. The number of carbonyl (C=O) groups excluding carboxylic acids is 3. The molecule has 1 aliphatic rings. The van der Waals surface area contributed by atoms with Crippen molar-refractivity contribution in [2.75, 3.05) is 29.9 Å². The maximum atomic E-state index is 12.8. The molecule has 1 fully saturated rings. The fourth-order valence-corrected chi connectivity index (χ4v) is 3.88. The fraction of sp³-hybridized carbons (Fsp3) is 0.375. The Morgan fingerprint density at radius 2 is 1.97 bits per heavy atom. The molecule has 2 aromatic rings. The molecule has 3 amide bonds. The molecular weight excluding hydrogens is 442 g/mol. The van der Waals surface area contributed by atoms with Crippen molar-refractivity contribution in [3.63, 3.8) is 0 Å². The number of nitriles is 1. The van der Waals surface area contributed by atoms with Gasteiger partial charge in [0.2, 0.25) is 17.7 Å². The van der Waals surface area contributed by atoms with Gasteiger partial charge in [-0.3, -0.25) is 14.4 Å². The summed E-state index contributed by atoms with van der Waals surface area (Å²) in [5, 5.41) is 12.2. The minimum Gasteiger partial charge on any atom is -0.342 e. The van der Waals surface area contributed by atoms with Gasteiger partial charge in [-0.1, -0.05) is 29.8 Å². The molecule has 0 aliphatic carbocycles. The average Bonchev–Trinajstić information content (AvgIpc) is 2.85. The Bertz CT molecular complexity index is 1010. The van der Waals surface area contributed by atoms with Crippen LogP contribution in [0.4, 0.5) is 11.5 Å². The molecule has 172 valence electrons. The Hall–Kier alpha value is -3.44. The molecule has 0 bridgehead atoms. The van der Waals surface area contributed by atoms with Crippen LogP contribution in [0.15, 0.2) is 48.7 Å². The summed E-state index contributed by atoms with van der Waals surface area (Å²) in [5.74, 6) is -0.474. The maximum Gasteiger partial charge on any atom is 0.230 e. The normalized spacial score (nSPS) is 15.4. The number of halogens is 1. The molecule has 1 unspecified atom stereocenters. The maximum absolute atomic E-state index is 12.8. The smallest absolute Gasteiger partial charge is 0.230 e. The molecule has 0 radical (unpaired) electrons. The number of para-hydroxylation sites is 1. The number of nitrogens with one attached hydrogen (secondary N) is 1. The highest BCUT2D eigenvalue weighted by Gasteiger charge is 2.29. The van der Waals surface area contributed by atoms with Crippen LogP contribution < -0.4 is 10.2 Å². The first-order chi connectivity index (χ1) is 16.0. The van der Waals surface area contributed by atoms with Crippen LogP contribution in [0, 0.1) is 17.2 Å². The summed E-state index contributed by atoms with van der Waals surface area (Å²) in [7, 11) is 0. The molecule has 1 aromatic heterocycles. The standard InChI is InChI=1S/C24H26ClN5O3/c25-19-9-10-21(27-16-19)28-24(33)18-6-4-14-29(17-18)22(31)11-12-23(32)30(15-5-13-26)20-7-2-1-3-8-20/h1-3,7-10,16,18H,4-6,11-12,14-15,17H2,(H,27,28,33). The van der Waals surface area contributed by atoms with Gasteiger partial charge in [-0.2, -0.15) is 5.26 Å². The number of benzene rings is 1. The minimum absolute atomic E-state index is 0.0429. The minimum atomic E-state index is -0.340. The number of carbonyl (C=O) groups is 3. The number of hydrogen-bond acceptors (Lipinski definition) is 5. The molecule has 1 N–H and O–H groups in total. The second-order valence-electron chi connectivity index (χ2n) is 7.82. The number of hydrogen-bond donors (Lipinski definition) is 1. The van der Waals surface area contributed by atoms with Gasteiger partial charge in [-0.25, -0.2) is 4.98 Å². The van der Waals surface area contributed by atoms with Crippen LogP contribution >= 0.6 is 11.6 Å². The van der Waals surface area contributed by atoms with Gasteiger partial charge in [0, 0.05) is 44.4 Å². The van der Waals surface area contributed by atoms with Crippen molar-refractivity contribution in [2.24, 2.45) is 5.92 Å². The largest absolute Gasteiger partial charge is 0.342 e. The predicted octanol–water partition coefficient (Wildman–Crippen LogP) is 3.64. The SMILES string of the molecule is N#CCCN(C(=O)CCC(=O)N1CCCC(C(=O)Nc2ccc(Cl)cn2)C1)c1ccccc1. The number of nitrogens with zero attached hydrogens (tertiary/aromatic N) is 4. The molecule has 3 rings (SSSR count). The topological polar surface area (TPSA) is 106 Å². The molecule has 8 nitrogen and oxygen atoms in total. The van der Waals surface area contributed by atoms with E-state index in [-0.39, 0.29) is 49.4 Å². The zero-order valence-electron chi connectivity index (χ0n) is 18.2. The van der Waals surface area contributed by atoms with Crippen molar-refractivity contribution in [1.29, 1.82) is 5.26 Å². The van der Waals surface area contributed by atoms with E-state index in [0.29, 0.717) is 42.5 Å². The first-order valence-electron chi connectivity index (χ1n) is 10.9. The van der Waals surface area contributed by atoms with Crippen LogP contribution in [-0.4, -0.2) is 47.2 Å². The van der Waals surface area contributed by atoms with Gasteiger partial charge in [-0.15, -0.1) is 0 Å². The molecule has 9 heteroatoms. The zero-order chi connectivity index (χ0) is 23.6. The number of likely N-dealkylation sites (tertiary alicyclic amines) is 1. The Labute approximate surface area is 198 Å². The summed E-state index contributed by atoms with van der Waals surface area (Å²) in [4.78, 5) is 45.5. The highest BCUT2D eigenvalue weighted by Crippen LogP contribution is 2.21. The second kappa shape index (κ2) is 12.0. The van der Waals surface area contributed by atoms with Crippen LogP contribution in [0.2, 0.25) is 5.02 Å². The molecule has 33 heavy (non-hydrogen) atoms. The molecule has 1 aromatic carbocycles. The number of pyridine rings is 1. The van der Waals surface area contributed by atoms with Crippen LogP contribution in [-0.2, 0) is 14.4 Å². The van der Waals surface area contributed by atoms with E-state index in [2.05, 4.69) is 16.4 Å². The van der Waals surface area contributed by atoms with E-state index in [1.807, 2.05) is 18.2 Å². The van der Waals surface area contributed by atoms with Gasteiger partial charge in [0.25, 0.3) is 0 Å². The van der Waals surface area contributed by atoms with E-state index in [1.54, 1.807) is 34.1 Å². The third kappa shape index (κ3) is 7.02. The number of piperidine rings is 1. The van der Waals surface area contributed by atoms with E-state index >= 15 is 0 Å². The lowest BCUT2D eigenvalue weighted by Gasteiger charge is -2.32. The Balaban J connectivity index is 1.53. The van der Waals surface area contributed by atoms with Gasteiger partial charge in [0.1, 0.15) is 5.82 Å². The van der Waals surface area contributed by atoms with Crippen LogP contribution in [0.3, 0.4) is 0 Å². The van der Waals surface area contributed by atoms with Gasteiger partial charge >= 0.3 is 0 Å².